The number of carbonyl (C=O) groups is 7. The highest BCUT2D eigenvalue weighted by atomic mass is 16.6. The Kier molecular flexibility index (Phi) is 38.4. The molecule has 0 aliphatic heterocycles. The van der Waals surface area contributed by atoms with Crippen LogP contribution in [0, 0.1) is 23.7 Å². The van der Waals surface area contributed by atoms with E-state index in [-0.39, 0.29) is 88.9 Å². The lowest BCUT2D eigenvalue weighted by molar-refractivity contribution is -0.169. The van der Waals surface area contributed by atoms with Crippen molar-refractivity contribution in [3.05, 3.63) is 0 Å². The van der Waals surface area contributed by atoms with Crippen LogP contribution >= 0.6 is 0 Å². The van der Waals surface area contributed by atoms with E-state index in [4.69, 9.17) is 33.2 Å². The van der Waals surface area contributed by atoms with Crippen molar-refractivity contribution in [2.75, 3.05) is 39.5 Å². The van der Waals surface area contributed by atoms with Crippen LogP contribution in [0.25, 0.3) is 0 Å². The lowest BCUT2D eigenvalue weighted by Crippen LogP contribution is -2.38. The van der Waals surface area contributed by atoms with Gasteiger partial charge in [0.25, 0.3) is 0 Å². The molecule has 4 atom stereocenters. The average Bonchev–Trinajstić information content (AvgIpc) is 3.31. The third-order valence-corrected chi connectivity index (χ3v) is 12.1. The van der Waals surface area contributed by atoms with Gasteiger partial charge in [-0.25, -0.2) is 4.79 Å². The van der Waals surface area contributed by atoms with Crippen molar-refractivity contribution in [1.82, 2.24) is 4.90 Å². The first-order valence-electron chi connectivity index (χ1n) is 27.3. The van der Waals surface area contributed by atoms with Crippen molar-refractivity contribution in [3.8, 4) is 0 Å². The molecule has 1 amide bonds. The quantitative estimate of drug-likeness (QED) is 0.0319. The maximum atomic E-state index is 13.4. The maximum absolute atomic E-state index is 13.4. The molecule has 0 heterocycles. The smallest absolute Gasteiger partial charge is 0.410 e. The van der Waals surface area contributed by atoms with Crippen molar-refractivity contribution in [3.63, 3.8) is 0 Å². The molecule has 0 aromatic heterocycles. The highest BCUT2D eigenvalue weighted by Crippen LogP contribution is 2.18. The van der Waals surface area contributed by atoms with E-state index in [0.717, 1.165) is 103 Å². The topological polar surface area (TPSA) is 187 Å². The van der Waals surface area contributed by atoms with Crippen LogP contribution in [-0.2, 0) is 61.9 Å². The van der Waals surface area contributed by atoms with E-state index in [0.29, 0.717) is 25.7 Å². The van der Waals surface area contributed by atoms with Crippen LogP contribution < -0.4 is 0 Å². The Bertz CT molecular complexity index is 1290. The number of nitrogens with zero attached hydrogens (tertiary/aromatic N) is 1. The molecule has 0 spiro atoms. The van der Waals surface area contributed by atoms with Crippen molar-refractivity contribution < 1.29 is 66.7 Å². The molecule has 4 unspecified atom stereocenters. The molecule has 0 aliphatic rings. The molecular weight excluding hydrogens is 899 g/mol. The van der Waals surface area contributed by atoms with Crippen LogP contribution in [0.1, 0.15) is 230 Å². The minimum Gasteiger partial charge on any atom is -0.461 e. The number of amides is 1. The van der Waals surface area contributed by atoms with Gasteiger partial charge in [0.2, 0.25) is 0 Å². The van der Waals surface area contributed by atoms with Gasteiger partial charge in [0.15, 0.2) is 12.2 Å². The van der Waals surface area contributed by atoms with Crippen molar-refractivity contribution in [2.45, 2.75) is 248 Å². The second kappa shape index (κ2) is 40.7. The Morgan fingerprint density at radius 3 is 0.914 bits per heavy atom. The molecular formula is C55H99NO14. The zero-order valence-electron chi connectivity index (χ0n) is 45.8. The molecule has 0 aromatic rings. The molecule has 0 radical (unpaired) electrons. The number of esters is 6. The van der Waals surface area contributed by atoms with Crippen molar-refractivity contribution >= 4 is 41.9 Å². The lowest BCUT2D eigenvalue weighted by Gasteiger charge is -2.27. The third kappa shape index (κ3) is 35.2. The Labute approximate surface area is 423 Å². The summed E-state index contributed by atoms with van der Waals surface area (Å²) < 4.78 is 39.3. The summed E-state index contributed by atoms with van der Waals surface area (Å²) in [5.41, 5.74) is -0.822. The fourth-order valence-electron chi connectivity index (χ4n) is 7.42. The zero-order chi connectivity index (χ0) is 52.7. The van der Waals surface area contributed by atoms with Gasteiger partial charge in [-0.1, -0.05) is 158 Å². The van der Waals surface area contributed by atoms with Crippen LogP contribution in [-0.4, -0.2) is 104 Å². The molecule has 15 nitrogen and oxygen atoms in total. The van der Waals surface area contributed by atoms with Crippen LogP contribution in [0.4, 0.5) is 4.79 Å². The zero-order valence-corrected chi connectivity index (χ0v) is 45.8. The van der Waals surface area contributed by atoms with E-state index in [2.05, 4.69) is 27.7 Å². The molecule has 0 rings (SSSR count). The van der Waals surface area contributed by atoms with Gasteiger partial charge in [-0.3, -0.25) is 28.8 Å². The summed E-state index contributed by atoms with van der Waals surface area (Å²) >= 11 is 0. The molecule has 0 bridgehead atoms. The number of ether oxygens (including phenoxy) is 7. The standard InChI is InChI=1S/C55H99NO14/c1-12-16-20-24-30-42(5)50(59)64-38-46(39-65-51(60)43(6)31-25-21-17-13-2)68-48(57)34-28-36-56(54(63)70-55(9,10)11)37-29-35-49(58)69-47(40-66-52(61)44(7)32-26-22-18-14-3)41-67-53(62)45(8)33-27-23-19-15-4/h42-47H,12-41H2,1-11H3. The van der Waals surface area contributed by atoms with Crippen LogP contribution in [0.5, 0.6) is 0 Å². The van der Waals surface area contributed by atoms with E-state index in [9.17, 15) is 33.6 Å². The average molecular weight is 998 g/mol. The van der Waals surface area contributed by atoms with Gasteiger partial charge in [0, 0.05) is 25.9 Å². The third-order valence-electron chi connectivity index (χ3n) is 12.1. The summed E-state index contributed by atoms with van der Waals surface area (Å²) in [6, 6.07) is 0. The summed E-state index contributed by atoms with van der Waals surface area (Å²) in [7, 11) is 0. The number of rotatable bonds is 42. The number of carbonyl (C=O) groups excluding carboxylic acids is 7. The molecule has 0 aromatic carbocycles. The highest BCUT2D eigenvalue weighted by Gasteiger charge is 2.27. The van der Waals surface area contributed by atoms with Crippen LogP contribution in [0.15, 0.2) is 0 Å². The Morgan fingerprint density at radius 1 is 0.400 bits per heavy atom. The largest absolute Gasteiger partial charge is 0.461 e. The second-order valence-corrected chi connectivity index (χ2v) is 20.4. The van der Waals surface area contributed by atoms with Gasteiger partial charge in [0.05, 0.1) is 23.7 Å². The lowest BCUT2D eigenvalue weighted by atomic mass is 10.0. The van der Waals surface area contributed by atoms with Crippen LogP contribution in [0.2, 0.25) is 0 Å². The van der Waals surface area contributed by atoms with E-state index < -0.39 is 59.7 Å². The SMILES string of the molecule is CCCCCCC(C)C(=O)OCC(COC(=O)C(C)CCCCCC)OC(=O)CCCN(CCCC(=O)OC(COC(=O)C(C)CCCCCC)COC(=O)C(C)CCCCCC)C(=O)OC(C)(C)C. The molecule has 15 heteroatoms. The molecule has 0 saturated heterocycles. The van der Waals surface area contributed by atoms with E-state index in [1.165, 1.54) is 4.90 Å². The van der Waals surface area contributed by atoms with Gasteiger partial charge < -0.3 is 38.1 Å². The maximum Gasteiger partial charge on any atom is 0.410 e. The highest BCUT2D eigenvalue weighted by molar-refractivity contribution is 5.74. The fourth-order valence-corrected chi connectivity index (χ4v) is 7.42. The predicted octanol–water partition coefficient (Wildman–Crippen LogP) is 12.2. The number of unbranched alkanes of at least 4 members (excludes halogenated alkanes) is 12. The molecule has 70 heavy (non-hydrogen) atoms. The normalized spacial score (nSPS) is 14.0. The van der Waals surface area contributed by atoms with Gasteiger partial charge >= 0.3 is 41.9 Å². The van der Waals surface area contributed by atoms with Crippen molar-refractivity contribution in [1.29, 1.82) is 0 Å². The molecule has 0 saturated carbocycles. The van der Waals surface area contributed by atoms with Crippen LogP contribution in [0.3, 0.4) is 0 Å². The number of hydrogen-bond donors (Lipinski definition) is 0. The Balaban J connectivity index is 5.72. The number of hydrogen-bond acceptors (Lipinski definition) is 14. The fraction of sp³-hybridized carbons (Fsp3) is 0.873. The first-order valence-corrected chi connectivity index (χ1v) is 27.3. The van der Waals surface area contributed by atoms with E-state index in [1.807, 2.05) is 0 Å². The van der Waals surface area contributed by atoms with E-state index in [1.54, 1.807) is 48.5 Å². The molecule has 0 aliphatic carbocycles. The Hall–Kier alpha value is -3.91. The first-order chi connectivity index (χ1) is 33.3. The molecule has 0 N–H and O–H groups in total. The summed E-state index contributed by atoms with van der Waals surface area (Å²) in [6.45, 7) is 20.0. The van der Waals surface area contributed by atoms with Gasteiger partial charge in [-0.05, 0) is 59.3 Å². The second-order valence-electron chi connectivity index (χ2n) is 20.4. The summed E-state index contributed by atoms with van der Waals surface area (Å²) in [5.74, 6) is -4.27. The minimum absolute atomic E-state index is 0.0839. The first kappa shape index (κ1) is 66.1. The Morgan fingerprint density at radius 2 is 0.671 bits per heavy atom. The van der Waals surface area contributed by atoms with Gasteiger partial charge in [-0.2, -0.15) is 0 Å². The van der Waals surface area contributed by atoms with E-state index >= 15 is 0 Å². The van der Waals surface area contributed by atoms with Crippen molar-refractivity contribution in [2.24, 2.45) is 23.7 Å². The summed E-state index contributed by atoms with van der Waals surface area (Å²) in [6.07, 6.45) is 16.5. The van der Waals surface area contributed by atoms with Gasteiger partial charge in [-0.15, -0.1) is 0 Å². The molecule has 408 valence electrons. The predicted molar refractivity (Wildman–Crippen MR) is 272 cm³/mol. The van der Waals surface area contributed by atoms with Gasteiger partial charge in [0.1, 0.15) is 32.0 Å². The summed E-state index contributed by atoms with van der Waals surface area (Å²) in [5, 5.41) is 0. The monoisotopic (exact) mass is 998 g/mol. The molecule has 0 fully saturated rings. The summed E-state index contributed by atoms with van der Waals surface area (Å²) in [4.78, 5) is 92.7. The minimum atomic E-state index is -1.03.